The second kappa shape index (κ2) is 7.01. The van der Waals surface area contributed by atoms with Crippen molar-refractivity contribution in [2.45, 2.75) is 38.1 Å². The molecule has 122 valence electrons. The van der Waals surface area contributed by atoms with Crippen LogP contribution in [0.5, 0.6) is 5.75 Å². The molecule has 0 bridgehead atoms. The number of halogens is 2. The molecule has 0 spiro atoms. The molecule has 1 aromatic rings. The van der Waals surface area contributed by atoms with Gasteiger partial charge in [0.2, 0.25) is 0 Å². The number of phenolic OH excluding ortho intramolecular Hbond substituents is 1. The van der Waals surface area contributed by atoms with E-state index in [-0.39, 0.29) is 22.7 Å². The van der Waals surface area contributed by atoms with Crippen molar-refractivity contribution >= 4 is 63.5 Å². The molecule has 1 heterocycles. The number of benzene rings is 1. The van der Waals surface area contributed by atoms with Gasteiger partial charge in [-0.2, -0.15) is 0 Å². The topological polar surface area (TPSA) is 40.5 Å². The molecule has 1 N–H and O–H groups in total. The third kappa shape index (κ3) is 3.53. The highest BCUT2D eigenvalue weighted by atomic mass is 35.5. The lowest BCUT2D eigenvalue weighted by Crippen LogP contribution is -2.39. The minimum Gasteiger partial charge on any atom is -0.506 e. The number of carbonyl (C=O) groups is 1. The minimum absolute atomic E-state index is 0.0843. The molecule has 3 rings (SSSR count). The summed E-state index contributed by atoms with van der Waals surface area (Å²) in [5.41, 5.74) is 0.423. The average molecular weight is 388 g/mol. The van der Waals surface area contributed by atoms with Crippen molar-refractivity contribution < 1.29 is 9.90 Å². The Hall–Kier alpha value is -0.750. The number of phenols is 1. The first kappa shape index (κ1) is 17.1. The van der Waals surface area contributed by atoms with Crippen LogP contribution in [0.1, 0.15) is 37.7 Å². The maximum Gasteiger partial charge on any atom is 0.266 e. The number of hydrogen-bond acceptors (Lipinski definition) is 4. The van der Waals surface area contributed by atoms with Gasteiger partial charge >= 0.3 is 0 Å². The van der Waals surface area contributed by atoms with Gasteiger partial charge < -0.3 is 5.11 Å². The van der Waals surface area contributed by atoms with Gasteiger partial charge in [0, 0.05) is 16.6 Å². The van der Waals surface area contributed by atoms with Crippen molar-refractivity contribution in [2.24, 2.45) is 0 Å². The van der Waals surface area contributed by atoms with Crippen LogP contribution in [-0.4, -0.2) is 26.3 Å². The van der Waals surface area contributed by atoms with E-state index in [0.717, 1.165) is 25.7 Å². The van der Waals surface area contributed by atoms with Gasteiger partial charge in [-0.15, -0.1) is 0 Å². The Balaban J connectivity index is 1.90. The highest BCUT2D eigenvalue weighted by molar-refractivity contribution is 8.26. The molecule has 1 aliphatic heterocycles. The summed E-state index contributed by atoms with van der Waals surface area (Å²) in [6.07, 6.45) is 7.07. The molecular weight excluding hydrogens is 373 g/mol. The first-order valence-electron chi connectivity index (χ1n) is 7.42. The van der Waals surface area contributed by atoms with Crippen molar-refractivity contribution in [3.05, 3.63) is 32.6 Å². The van der Waals surface area contributed by atoms with Gasteiger partial charge in [-0.1, -0.05) is 66.4 Å². The minimum atomic E-state index is -0.0950. The Bertz CT molecular complexity index is 700. The van der Waals surface area contributed by atoms with E-state index < -0.39 is 0 Å². The molecule has 1 amide bonds. The van der Waals surface area contributed by atoms with E-state index in [0.29, 0.717) is 19.8 Å². The van der Waals surface area contributed by atoms with E-state index in [1.165, 1.54) is 24.2 Å². The molecule has 0 unspecified atom stereocenters. The summed E-state index contributed by atoms with van der Waals surface area (Å²) in [4.78, 5) is 14.9. The maximum atomic E-state index is 12.7. The van der Waals surface area contributed by atoms with Crippen molar-refractivity contribution in [2.75, 3.05) is 0 Å². The van der Waals surface area contributed by atoms with Crippen molar-refractivity contribution in [3.63, 3.8) is 0 Å². The van der Waals surface area contributed by atoms with Gasteiger partial charge in [-0.3, -0.25) is 9.69 Å². The molecule has 1 saturated carbocycles. The third-order valence-electron chi connectivity index (χ3n) is 4.11. The predicted octanol–water partition coefficient (Wildman–Crippen LogP) is 5.23. The van der Waals surface area contributed by atoms with E-state index in [1.54, 1.807) is 17.0 Å². The normalized spacial score (nSPS) is 21.5. The number of nitrogens with zero attached hydrogens (tertiary/aromatic N) is 1. The second-order valence-corrected chi connectivity index (χ2v) is 8.19. The maximum absolute atomic E-state index is 12.7. The molecule has 1 aliphatic carbocycles. The van der Waals surface area contributed by atoms with Gasteiger partial charge in [0.05, 0.1) is 9.93 Å². The van der Waals surface area contributed by atoms with Crippen LogP contribution in [0, 0.1) is 0 Å². The van der Waals surface area contributed by atoms with Crippen LogP contribution in [-0.2, 0) is 4.79 Å². The Labute approximate surface area is 154 Å². The molecule has 1 aromatic carbocycles. The van der Waals surface area contributed by atoms with Crippen LogP contribution in [0.3, 0.4) is 0 Å². The lowest BCUT2D eigenvalue weighted by molar-refractivity contribution is -0.124. The molecular formula is C16H15Cl2NO2S2. The van der Waals surface area contributed by atoms with Crippen LogP contribution in [0.4, 0.5) is 0 Å². The number of thioether (sulfide) groups is 1. The Morgan fingerprint density at radius 1 is 1.26 bits per heavy atom. The van der Waals surface area contributed by atoms with Crippen LogP contribution < -0.4 is 0 Å². The number of aromatic hydroxyl groups is 1. The van der Waals surface area contributed by atoms with E-state index in [2.05, 4.69) is 0 Å². The predicted molar refractivity (Wildman–Crippen MR) is 100 cm³/mol. The molecule has 23 heavy (non-hydrogen) atoms. The Morgan fingerprint density at radius 2 is 1.96 bits per heavy atom. The van der Waals surface area contributed by atoms with Gasteiger partial charge in [-0.25, -0.2) is 0 Å². The summed E-state index contributed by atoms with van der Waals surface area (Å²) < 4.78 is 0.584. The Morgan fingerprint density at radius 3 is 2.65 bits per heavy atom. The zero-order valence-electron chi connectivity index (χ0n) is 12.2. The lowest BCUT2D eigenvalue weighted by atomic mass is 9.94. The molecule has 0 radical (unpaired) electrons. The van der Waals surface area contributed by atoms with Crippen LogP contribution in [0.15, 0.2) is 17.0 Å². The second-order valence-electron chi connectivity index (χ2n) is 5.67. The summed E-state index contributed by atoms with van der Waals surface area (Å²) in [5, 5.41) is 10.6. The zero-order chi connectivity index (χ0) is 16.6. The monoisotopic (exact) mass is 387 g/mol. The van der Waals surface area contributed by atoms with E-state index in [1.807, 2.05) is 0 Å². The summed E-state index contributed by atoms with van der Waals surface area (Å²) in [6, 6.07) is 3.23. The fraction of sp³-hybridized carbons (Fsp3) is 0.375. The van der Waals surface area contributed by atoms with E-state index >= 15 is 0 Å². The fourth-order valence-corrected chi connectivity index (χ4v) is 4.87. The van der Waals surface area contributed by atoms with Crippen LogP contribution in [0.25, 0.3) is 6.08 Å². The third-order valence-corrected chi connectivity index (χ3v) is 5.94. The smallest absolute Gasteiger partial charge is 0.266 e. The quantitative estimate of drug-likeness (QED) is 0.556. The molecule has 3 nitrogen and oxygen atoms in total. The largest absolute Gasteiger partial charge is 0.506 e. The molecule has 7 heteroatoms. The average Bonchev–Trinajstić information content (AvgIpc) is 2.79. The fourth-order valence-electron chi connectivity index (χ4n) is 2.97. The molecule has 0 aromatic heterocycles. The molecule has 2 aliphatic rings. The van der Waals surface area contributed by atoms with E-state index in [9.17, 15) is 9.90 Å². The number of thiocarbonyl (C=S) groups is 1. The lowest BCUT2D eigenvalue weighted by Gasteiger charge is -2.29. The highest BCUT2D eigenvalue weighted by Crippen LogP contribution is 2.39. The van der Waals surface area contributed by atoms with Crippen molar-refractivity contribution in [1.82, 2.24) is 4.90 Å². The van der Waals surface area contributed by atoms with Gasteiger partial charge in [-0.05, 0) is 31.1 Å². The molecule has 1 saturated heterocycles. The number of carbonyl (C=O) groups excluding carboxylic acids is 1. The SMILES string of the molecule is O=C1/C(=C/c2cc(Cl)cc(Cl)c2O)SC(=S)N1C1CCCCC1. The zero-order valence-corrected chi connectivity index (χ0v) is 15.4. The van der Waals surface area contributed by atoms with E-state index in [4.69, 9.17) is 35.4 Å². The molecule has 0 atom stereocenters. The van der Waals surface area contributed by atoms with Crippen LogP contribution >= 0.6 is 47.2 Å². The highest BCUT2D eigenvalue weighted by Gasteiger charge is 2.37. The van der Waals surface area contributed by atoms with Crippen molar-refractivity contribution in [3.8, 4) is 5.75 Å². The molecule has 2 fully saturated rings. The van der Waals surface area contributed by atoms with Gasteiger partial charge in [0.1, 0.15) is 10.1 Å². The number of rotatable bonds is 2. The number of hydrogen-bond donors (Lipinski definition) is 1. The summed E-state index contributed by atoms with van der Waals surface area (Å²) in [5.74, 6) is -0.179. The van der Waals surface area contributed by atoms with Gasteiger partial charge in [0.15, 0.2) is 0 Å². The first-order chi connectivity index (χ1) is 11.0. The van der Waals surface area contributed by atoms with Gasteiger partial charge in [0.25, 0.3) is 5.91 Å². The number of amides is 1. The summed E-state index contributed by atoms with van der Waals surface area (Å²) >= 11 is 18.5. The van der Waals surface area contributed by atoms with Crippen LogP contribution in [0.2, 0.25) is 10.0 Å². The standard InChI is InChI=1S/C16H15Cl2NO2S2/c17-10-6-9(14(20)12(18)8-10)7-13-15(21)19(16(22)23-13)11-4-2-1-3-5-11/h6-8,11,20H,1-5H2/b13-7-. The van der Waals surface area contributed by atoms with Crippen molar-refractivity contribution in [1.29, 1.82) is 0 Å². The Kier molecular flexibility index (Phi) is 5.21. The summed E-state index contributed by atoms with van der Waals surface area (Å²) in [6.45, 7) is 0. The summed E-state index contributed by atoms with van der Waals surface area (Å²) in [7, 11) is 0. The first-order valence-corrected chi connectivity index (χ1v) is 9.40.